The van der Waals surface area contributed by atoms with Gasteiger partial charge in [-0.3, -0.25) is 0 Å². The summed E-state index contributed by atoms with van der Waals surface area (Å²) in [4.78, 5) is 0. The van der Waals surface area contributed by atoms with E-state index in [0.717, 1.165) is 0 Å². The molecule has 0 rings (SSSR count). The van der Waals surface area contributed by atoms with Crippen molar-refractivity contribution >= 4 is 11.0 Å². The van der Waals surface area contributed by atoms with Gasteiger partial charge in [-0.2, -0.15) is 0 Å². The lowest BCUT2D eigenvalue weighted by Gasteiger charge is -1.76. The van der Waals surface area contributed by atoms with Crippen LogP contribution in [0.2, 0.25) is 0 Å². The van der Waals surface area contributed by atoms with Crippen LogP contribution in [0, 0.1) is 0 Å². The van der Waals surface area contributed by atoms with Gasteiger partial charge in [-0.1, -0.05) is 13.2 Å². The molecule has 0 aromatic rings. The van der Waals surface area contributed by atoms with Gasteiger partial charge in [0.1, 0.15) is 0 Å². The summed E-state index contributed by atoms with van der Waals surface area (Å²) in [5, 5.41) is 0. The number of hydrogen-bond acceptors (Lipinski definition) is 1. The first kappa shape index (κ1) is 9.09. The van der Waals surface area contributed by atoms with Gasteiger partial charge in [0.05, 0.1) is 12.5 Å². The Morgan fingerprint density at radius 2 is 1.50 bits per heavy atom. The van der Waals surface area contributed by atoms with Crippen molar-refractivity contribution < 1.29 is 4.74 Å². The number of hydrogen-bond donors (Lipinski definition) is 0. The van der Waals surface area contributed by atoms with E-state index in [1.807, 2.05) is 0 Å². The predicted octanol–water partition coefficient (Wildman–Crippen LogP) is 0.909. The molecule has 2 heteroatoms. The molecular weight excluding hydrogens is 92.1 g/mol. The SMILES string of the molecule is C=COC=C.[Si]. The summed E-state index contributed by atoms with van der Waals surface area (Å²) in [6, 6.07) is 0. The maximum Gasteiger partial charge on any atom is 0.0829 e. The summed E-state index contributed by atoms with van der Waals surface area (Å²) >= 11 is 0. The second kappa shape index (κ2) is 8.82. The average molecular weight is 98.2 g/mol. The quantitative estimate of drug-likeness (QED) is 0.368. The molecule has 0 aliphatic heterocycles. The number of ether oxygens (including phenoxy) is 1. The Balaban J connectivity index is 0. The first-order valence-corrected chi connectivity index (χ1v) is 1.29. The van der Waals surface area contributed by atoms with Gasteiger partial charge in [0.2, 0.25) is 0 Å². The van der Waals surface area contributed by atoms with Crippen molar-refractivity contribution in [2.75, 3.05) is 0 Å². The fourth-order valence-electron chi connectivity index (χ4n) is 0.0680. The van der Waals surface area contributed by atoms with Gasteiger partial charge in [-0.05, 0) is 0 Å². The van der Waals surface area contributed by atoms with E-state index in [2.05, 4.69) is 17.9 Å². The van der Waals surface area contributed by atoms with Gasteiger partial charge in [0.15, 0.2) is 0 Å². The van der Waals surface area contributed by atoms with Crippen LogP contribution in [0.3, 0.4) is 0 Å². The Kier molecular flexibility index (Phi) is 13.4. The van der Waals surface area contributed by atoms with E-state index in [4.69, 9.17) is 0 Å². The predicted molar refractivity (Wildman–Crippen MR) is 27.2 cm³/mol. The zero-order chi connectivity index (χ0) is 4.12. The maximum atomic E-state index is 4.36. The largest absolute Gasteiger partial charge is 0.474 e. The molecule has 0 heterocycles. The van der Waals surface area contributed by atoms with Crippen molar-refractivity contribution in [3.63, 3.8) is 0 Å². The van der Waals surface area contributed by atoms with E-state index in [9.17, 15) is 0 Å². The van der Waals surface area contributed by atoms with Gasteiger partial charge in [0, 0.05) is 11.0 Å². The molecule has 0 amide bonds. The Morgan fingerprint density at radius 1 is 1.17 bits per heavy atom. The molecule has 0 aliphatic carbocycles. The third kappa shape index (κ3) is 9.73. The van der Waals surface area contributed by atoms with E-state index in [-0.39, 0.29) is 11.0 Å². The Bertz CT molecular complexity index is 36.8. The molecule has 0 saturated heterocycles. The molecule has 0 saturated carbocycles. The third-order valence-electron chi connectivity index (χ3n) is 0.192. The van der Waals surface area contributed by atoms with E-state index < -0.39 is 0 Å². The van der Waals surface area contributed by atoms with E-state index in [0.29, 0.717) is 0 Å². The van der Waals surface area contributed by atoms with E-state index >= 15 is 0 Å². The van der Waals surface area contributed by atoms with Gasteiger partial charge in [0.25, 0.3) is 0 Å². The first-order valence-electron chi connectivity index (χ1n) is 1.29. The minimum absolute atomic E-state index is 0. The zero-order valence-corrected chi connectivity index (χ0v) is 4.48. The minimum Gasteiger partial charge on any atom is -0.474 e. The van der Waals surface area contributed by atoms with Crippen molar-refractivity contribution in [3.8, 4) is 0 Å². The lowest BCUT2D eigenvalue weighted by molar-refractivity contribution is 0.406. The second-order valence-corrected chi connectivity index (χ2v) is 0.469. The highest BCUT2D eigenvalue weighted by Gasteiger charge is 1.45. The molecule has 0 spiro atoms. The van der Waals surface area contributed by atoms with Crippen molar-refractivity contribution in [3.05, 3.63) is 25.7 Å². The highest BCUT2D eigenvalue weighted by molar-refractivity contribution is 5.75. The first-order chi connectivity index (χ1) is 2.41. The molecule has 0 unspecified atom stereocenters. The molecule has 32 valence electrons. The van der Waals surface area contributed by atoms with Crippen LogP contribution in [0.4, 0.5) is 0 Å². The van der Waals surface area contributed by atoms with Gasteiger partial charge >= 0.3 is 0 Å². The average Bonchev–Trinajstić information content (AvgIpc) is 1.41. The summed E-state index contributed by atoms with van der Waals surface area (Å²) in [6.07, 6.45) is 2.62. The standard InChI is InChI=1S/C4H6O.Si/c1-3-5-4-2;/h3-4H,1-2H2;. The molecule has 0 aromatic heterocycles. The second-order valence-electron chi connectivity index (χ2n) is 0.469. The topological polar surface area (TPSA) is 9.23 Å². The maximum absolute atomic E-state index is 4.36. The molecule has 0 aromatic carbocycles. The molecule has 0 atom stereocenters. The van der Waals surface area contributed by atoms with Crippen molar-refractivity contribution in [2.24, 2.45) is 0 Å². The fraction of sp³-hybridized carbons (Fsp3) is 0. The molecule has 4 radical (unpaired) electrons. The molecule has 0 fully saturated rings. The van der Waals surface area contributed by atoms with Gasteiger partial charge in [-0.25, -0.2) is 0 Å². The zero-order valence-electron chi connectivity index (χ0n) is 3.48. The summed E-state index contributed by atoms with van der Waals surface area (Å²) in [6.45, 7) is 6.51. The molecule has 0 N–H and O–H groups in total. The van der Waals surface area contributed by atoms with Crippen LogP contribution in [-0.4, -0.2) is 11.0 Å². The van der Waals surface area contributed by atoms with Crippen LogP contribution in [0.15, 0.2) is 25.7 Å². The van der Waals surface area contributed by atoms with Crippen LogP contribution < -0.4 is 0 Å². The number of rotatable bonds is 2. The molecule has 6 heavy (non-hydrogen) atoms. The van der Waals surface area contributed by atoms with Crippen LogP contribution >= 0.6 is 0 Å². The van der Waals surface area contributed by atoms with Crippen molar-refractivity contribution in [2.45, 2.75) is 0 Å². The molecular formula is C4H6OSi. The normalized spacial score (nSPS) is 4.67. The lowest BCUT2D eigenvalue weighted by Crippen LogP contribution is -1.52. The van der Waals surface area contributed by atoms with Crippen LogP contribution in [0.1, 0.15) is 0 Å². The van der Waals surface area contributed by atoms with Gasteiger partial charge < -0.3 is 4.74 Å². The highest BCUT2D eigenvalue weighted by atomic mass is 28.1. The Morgan fingerprint density at radius 3 is 1.50 bits per heavy atom. The fourth-order valence-corrected chi connectivity index (χ4v) is 0.0680. The third-order valence-corrected chi connectivity index (χ3v) is 0.192. The van der Waals surface area contributed by atoms with Crippen molar-refractivity contribution in [1.82, 2.24) is 0 Å². The smallest absolute Gasteiger partial charge is 0.0829 e. The van der Waals surface area contributed by atoms with E-state index in [1.54, 1.807) is 0 Å². The lowest BCUT2D eigenvalue weighted by atomic mass is 11.1. The summed E-state index contributed by atoms with van der Waals surface area (Å²) in [5.74, 6) is 0. The van der Waals surface area contributed by atoms with Crippen LogP contribution in [0.25, 0.3) is 0 Å². The molecule has 0 bridgehead atoms. The Labute approximate surface area is 42.3 Å². The van der Waals surface area contributed by atoms with Crippen LogP contribution in [0.5, 0.6) is 0 Å². The minimum atomic E-state index is 0. The molecule has 1 nitrogen and oxygen atoms in total. The summed E-state index contributed by atoms with van der Waals surface area (Å²) in [5.41, 5.74) is 0. The van der Waals surface area contributed by atoms with E-state index in [1.165, 1.54) is 12.5 Å². The summed E-state index contributed by atoms with van der Waals surface area (Å²) < 4.78 is 4.36. The highest BCUT2D eigenvalue weighted by Crippen LogP contribution is 1.65. The summed E-state index contributed by atoms with van der Waals surface area (Å²) in [7, 11) is 0. The molecule has 0 aliphatic rings. The van der Waals surface area contributed by atoms with Crippen LogP contribution in [-0.2, 0) is 4.74 Å². The Hall–Kier alpha value is -0.503. The van der Waals surface area contributed by atoms with Crippen molar-refractivity contribution in [1.29, 1.82) is 0 Å². The van der Waals surface area contributed by atoms with Gasteiger partial charge in [-0.15, -0.1) is 0 Å². The monoisotopic (exact) mass is 98.0 g/mol.